The molecule has 5 atom stereocenters. The molecule has 0 aromatic carbocycles. The second-order valence-electron chi connectivity index (χ2n) is 31.9. The maximum atomic E-state index is 13.1. The molecular weight excluding hydrogens is 1370 g/mol. The van der Waals surface area contributed by atoms with E-state index in [1.165, 1.54) is 276 Å². The van der Waals surface area contributed by atoms with Gasteiger partial charge in [-0.25, -0.2) is 9.13 Å². The van der Waals surface area contributed by atoms with Crippen LogP contribution < -0.4 is 0 Å². The zero-order chi connectivity index (χ0) is 77.1. The third-order valence-corrected chi connectivity index (χ3v) is 22.1. The summed E-state index contributed by atoms with van der Waals surface area (Å²) in [5.74, 6) is -0.582. The number of carbonyl (C=O) groups is 4. The van der Waals surface area contributed by atoms with Crippen molar-refractivity contribution in [3.63, 3.8) is 0 Å². The largest absolute Gasteiger partial charge is 0.472 e. The van der Waals surface area contributed by atoms with Gasteiger partial charge in [-0.1, -0.05) is 408 Å². The smallest absolute Gasteiger partial charge is 0.462 e. The van der Waals surface area contributed by atoms with Gasteiger partial charge in [-0.3, -0.25) is 37.3 Å². The van der Waals surface area contributed by atoms with Crippen LogP contribution in [0.2, 0.25) is 0 Å². The van der Waals surface area contributed by atoms with Gasteiger partial charge in [0.1, 0.15) is 19.3 Å². The van der Waals surface area contributed by atoms with E-state index < -0.39 is 97.5 Å². The lowest BCUT2D eigenvalue weighted by Crippen LogP contribution is -2.30. The predicted molar refractivity (Wildman–Crippen MR) is 432 cm³/mol. The molecule has 0 amide bonds. The van der Waals surface area contributed by atoms with Gasteiger partial charge in [0.25, 0.3) is 0 Å². The zero-order valence-electron chi connectivity index (χ0n) is 69.0. The van der Waals surface area contributed by atoms with Crippen LogP contribution >= 0.6 is 15.6 Å². The Bertz CT molecular complexity index is 2010. The van der Waals surface area contributed by atoms with Gasteiger partial charge in [-0.05, 0) is 37.5 Å². The molecule has 0 rings (SSSR count). The normalized spacial score (nSPS) is 13.8. The molecule has 0 aromatic heterocycles. The fraction of sp³-hybridized carbons (Fsp3) is 0.953. The average Bonchev–Trinajstić information content (AvgIpc) is 0.926. The first-order valence-corrected chi connectivity index (χ1v) is 47.5. The number of carbonyl (C=O) groups excluding carboxylic acids is 4. The van der Waals surface area contributed by atoms with Crippen LogP contribution in [0.4, 0.5) is 0 Å². The number of ether oxygens (including phenoxy) is 4. The lowest BCUT2D eigenvalue weighted by atomic mass is 10.0. The molecule has 0 aliphatic rings. The fourth-order valence-electron chi connectivity index (χ4n) is 13.4. The van der Waals surface area contributed by atoms with Crippen LogP contribution in [0.5, 0.6) is 0 Å². The first-order valence-electron chi connectivity index (χ1n) is 44.5. The monoisotopic (exact) mass is 1540 g/mol. The van der Waals surface area contributed by atoms with Crippen LogP contribution in [0.3, 0.4) is 0 Å². The number of hydrogen-bond acceptors (Lipinski definition) is 15. The lowest BCUT2D eigenvalue weighted by molar-refractivity contribution is -0.161. The quantitative estimate of drug-likeness (QED) is 0.0222. The Hall–Kier alpha value is -1.94. The number of hydrogen-bond donors (Lipinski definition) is 3. The molecule has 17 nitrogen and oxygen atoms in total. The molecule has 0 fully saturated rings. The molecule has 0 aliphatic carbocycles. The topological polar surface area (TPSA) is 237 Å². The molecule has 0 saturated carbocycles. The summed E-state index contributed by atoms with van der Waals surface area (Å²) in [6, 6.07) is 0. The molecule has 2 unspecified atom stereocenters. The van der Waals surface area contributed by atoms with Crippen LogP contribution in [-0.4, -0.2) is 96.7 Å². The lowest BCUT2D eigenvalue weighted by Gasteiger charge is -2.21. The van der Waals surface area contributed by atoms with Gasteiger partial charge in [-0.2, -0.15) is 0 Å². The van der Waals surface area contributed by atoms with Crippen molar-refractivity contribution in [2.24, 2.45) is 11.8 Å². The summed E-state index contributed by atoms with van der Waals surface area (Å²) >= 11 is 0. The first kappa shape index (κ1) is 103. The summed E-state index contributed by atoms with van der Waals surface area (Å²) in [7, 11) is -9.93. The average molecular weight is 1540 g/mol. The van der Waals surface area contributed by atoms with E-state index in [9.17, 15) is 43.2 Å². The van der Waals surface area contributed by atoms with Gasteiger partial charge < -0.3 is 33.8 Å². The minimum Gasteiger partial charge on any atom is -0.462 e. The Balaban J connectivity index is 5.25. The number of rotatable bonds is 85. The summed E-state index contributed by atoms with van der Waals surface area (Å²) in [4.78, 5) is 73.3. The van der Waals surface area contributed by atoms with Crippen LogP contribution in [0, 0.1) is 11.8 Å². The minimum atomic E-state index is -4.97. The molecule has 624 valence electrons. The van der Waals surface area contributed by atoms with E-state index in [0.717, 1.165) is 102 Å². The van der Waals surface area contributed by atoms with Crippen molar-refractivity contribution < 1.29 is 80.2 Å². The number of esters is 4. The number of aliphatic hydroxyl groups excluding tert-OH is 1. The predicted octanol–water partition coefficient (Wildman–Crippen LogP) is 26.2. The summed E-state index contributed by atoms with van der Waals surface area (Å²) < 4.78 is 68.9. The minimum absolute atomic E-state index is 0.107. The van der Waals surface area contributed by atoms with Gasteiger partial charge >= 0.3 is 39.5 Å². The maximum Gasteiger partial charge on any atom is 0.472 e. The number of phosphoric ester groups is 2. The van der Waals surface area contributed by atoms with Crippen molar-refractivity contribution in [2.45, 2.75) is 477 Å². The van der Waals surface area contributed by atoms with Crippen molar-refractivity contribution >= 4 is 39.5 Å². The highest BCUT2D eigenvalue weighted by Crippen LogP contribution is 2.45. The Labute approximate surface area is 645 Å². The van der Waals surface area contributed by atoms with Crippen molar-refractivity contribution in [1.29, 1.82) is 0 Å². The van der Waals surface area contributed by atoms with Crippen LogP contribution in [0.1, 0.15) is 459 Å². The Kier molecular flexibility index (Phi) is 76.0. The van der Waals surface area contributed by atoms with E-state index in [1.807, 2.05) is 0 Å². The van der Waals surface area contributed by atoms with E-state index in [-0.39, 0.29) is 25.7 Å². The fourth-order valence-corrected chi connectivity index (χ4v) is 15.0. The Morgan fingerprint density at radius 3 is 0.648 bits per heavy atom. The van der Waals surface area contributed by atoms with Crippen molar-refractivity contribution in [3.8, 4) is 0 Å². The maximum absolute atomic E-state index is 13.1. The van der Waals surface area contributed by atoms with Gasteiger partial charge in [0, 0.05) is 25.7 Å². The SMILES string of the molecule is CCCCCCCCCCCCCCCCCCCCCCC(=O)O[C@H](COC(=O)CCCCCCCCCCCCCCCCCCCC)COP(=O)(O)OC[C@@H](O)COP(=O)(O)OC[C@@H](COC(=O)CCCCCCCCCCCC(C)C)OC(=O)CCCCCCCCCCCCCCC(C)C. The van der Waals surface area contributed by atoms with Gasteiger partial charge in [0.15, 0.2) is 12.2 Å². The molecule has 0 radical (unpaired) electrons. The Morgan fingerprint density at radius 1 is 0.257 bits per heavy atom. The van der Waals surface area contributed by atoms with Gasteiger partial charge in [0.05, 0.1) is 26.4 Å². The van der Waals surface area contributed by atoms with Crippen LogP contribution in [0.15, 0.2) is 0 Å². The summed E-state index contributed by atoms with van der Waals surface area (Å²) in [6.45, 7) is 9.66. The van der Waals surface area contributed by atoms with E-state index in [2.05, 4.69) is 41.5 Å². The number of phosphoric acid groups is 2. The third-order valence-electron chi connectivity index (χ3n) is 20.2. The highest BCUT2D eigenvalue weighted by molar-refractivity contribution is 7.47. The van der Waals surface area contributed by atoms with Gasteiger partial charge in [0.2, 0.25) is 0 Å². The zero-order valence-corrected chi connectivity index (χ0v) is 70.8. The van der Waals surface area contributed by atoms with E-state index in [0.29, 0.717) is 25.7 Å². The second kappa shape index (κ2) is 77.4. The van der Waals surface area contributed by atoms with E-state index >= 15 is 0 Å². The van der Waals surface area contributed by atoms with Crippen molar-refractivity contribution in [2.75, 3.05) is 39.6 Å². The molecule has 0 aliphatic heterocycles. The number of aliphatic hydroxyl groups is 1. The van der Waals surface area contributed by atoms with Crippen LogP contribution in [-0.2, 0) is 65.4 Å². The highest BCUT2D eigenvalue weighted by atomic mass is 31.2. The molecule has 19 heteroatoms. The summed E-state index contributed by atoms with van der Waals surface area (Å²) in [5, 5.41) is 10.7. The Morgan fingerprint density at radius 2 is 0.438 bits per heavy atom. The second-order valence-corrected chi connectivity index (χ2v) is 34.8. The molecule has 0 heterocycles. The first-order chi connectivity index (χ1) is 50.9. The molecule has 105 heavy (non-hydrogen) atoms. The van der Waals surface area contributed by atoms with E-state index in [1.54, 1.807) is 0 Å². The summed E-state index contributed by atoms with van der Waals surface area (Å²) in [5.41, 5.74) is 0. The molecule has 3 N–H and O–H groups in total. The highest BCUT2D eigenvalue weighted by Gasteiger charge is 2.30. The van der Waals surface area contributed by atoms with Gasteiger partial charge in [-0.15, -0.1) is 0 Å². The standard InChI is InChI=1S/C86H168O17P2/c1-7-9-11-13-15-17-19-21-23-25-27-28-30-32-34-39-45-52-58-64-70-85(90)102-81(74-96-83(88)68-62-56-50-44-38-33-31-29-26-24-22-20-18-16-14-12-10-8-2)76-100-104(92,93)98-72-80(87)73-99-105(94,95)101-77-82(75-97-84(89)69-63-57-51-47-41-43-49-55-61-67-79(5)6)103-86(91)71-65-59-53-46-40-36-35-37-42-48-54-60-66-78(3)4/h78-82,87H,7-77H2,1-6H3,(H,92,93)(H,94,95)/t80-,81-,82-/m1/s1. The van der Waals surface area contributed by atoms with Crippen molar-refractivity contribution in [3.05, 3.63) is 0 Å². The van der Waals surface area contributed by atoms with Crippen molar-refractivity contribution in [1.82, 2.24) is 0 Å². The third kappa shape index (κ3) is 79.9. The molecule has 0 spiro atoms. The summed E-state index contributed by atoms with van der Waals surface area (Å²) in [6.07, 6.45) is 69.4. The molecule has 0 aromatic rings. The van der Waals surface area contributed by atoms with Crippen LogP contribution in [0.25, 0.3) is 0 Å². The molecule has 0 bridgehead atoms. The molecular formula is C86H168O17P2. The molecule has 0 saturated heterocycles. The number of unbranched alkanes of at least 4 members (excludes halogenated alkanes) is 55. The van der Waals surface area contributed by atoms with E-state index in [4.69, 9.17) is 37.0 Å².